The van der Waals surface area contributed by atoms with Gasteiger partial charge in [0.2, 0.25) is 5.91 Å². The van der Waals surface area contributed by atoms with Crippen molar-refractivity contribution >= 4 is 40.9 Å². The second-order valence-electron chi connectivity index (χ2n) is 7.87. The highest BCUT2D eigenvalue weighted by Crippen LogP contribution is 2.25. The molecule has 174 valence electrons. The van der Waals surface area contributed by atoms with E-state index in [0.29, 0.717) is 34.0 Å². The van der Waals surface area contributed by atoms with Crippen LogP contribution in [0.15, 0.2) is 53.7 Å². The number of halogens is 1. The van der Waals surface area contributed by atoms with Crippen LogP contribution in [0.1, 0.15) is 61.4 Å². The number of anilines is 1. The van der Waals surface area contributed by atoms with Crippen LogP contribution in [0.25, 0.3) is 0 Å². The van der Waals surface area contributed by atoms with Gasteiger partial charge in [0.05, 0.1) is 11.8 Å². The highest BCUT2D eigenvalue weighted by Gasteiger charge is 2.20. The summed E-state index contributed by atoms with van der Waals surface area (Å²) in [5, 5.41) is 15.7. The van der Waals surface area contributed by atoms with E-state index in [1.165, 1.54) is 11.8 Å². The van der Waals surface area contributed by atoms with Crippen molar-refractivity contribution in [3.8, 4) is 0 Å². The number of amides is 2. The van der Waals surface area contributed by atoms with Gasteiger partial charge in [0.1, 0.15) is 0 Å². The largest absolute Gasteiger partial charge is 0.342 e. The Hall–Kier alpha value is -2.84. The lowest BCUT2D eigenvalue weighted by atomic mass is 10.0. The predicted octanol–water partition coefficient (Wildman–Crippen LogP) is 5.30. The second-order valence-corrected chi connectivity index (χ2v) is 9.24. The number of rotatable bonds is 9. The van der Waals surface area contributed by atoms with Crippen molar-refractivity contribution < 1.29 is 9.59 Å². The van der Waals surface area contributed by atoms with Gasteiger partial charge in [-0.05, 0) is 55.7 Å². The molecule has 0 saturated heterocycles. The van der Waals surface area contributed by atoms with E-state index in [-0.39, 0.29) is 23.6 Å². The molecule has 0 aliphatic rings. The molecule has 33 heavy (non-hydrogen) atoms. The van der Waals surface area contributed by atoms with Crippen LogP contribution >= 0.6 is 23.4 Å². The third-order valence-corrected chi connectivity index (χ3v) is 6.31. The molecular formula is C24H28ClN5O2S. The highest BCUT2D eigenvalue weighted by molar-refractivity contribution is 7.99. The summed E-state index contributed by atoms with van der Waals surface area (Å²) in [4.78, 5) is 25.1. The molecule has 9 heteroatoms. The number of benzene rings is 2. The lowest BCUT2D eigenvalue weighted by Crippen LogP contribution is -2.28. The molecule has 1 aromatic heterocycles. The van der Waals surface area contributed by atoms with Crippen LogP contribution in [-0.2, 0) is 11.3 Å². The molecule has 2 aromatic carbocycles. The van der Waals surface area contributed by atoms with Crippen molar-refractivity contribution in [3.05, 3.63) is 70.5 Å². The normalized spacial score (nSPS) is 11.9. The van der Waals surface area contributed by atoms with Gasteiger partial charge in [0.25, 0.3) is 5.91 Å². The van der Waals surface area contributed by atoms with E-state index in [0.717, 1.165) is 11.3 Å². The number of hydrogen-bond acceptors (Lipinski definition) is 5. The average molecular weight is 486 g/mol. The molecule has 1 atom stereocenters. The van der Waals surface area contributed by atoms with Gasteiger partial charge in [0, 0.05) is 22.8 Å². The van der Waals surface area contributed by atoms with Crippen LogP contribution < -0.4 is 10.6 Å². The second kappa shape index (κ2) is 11.3. The molecule has 2 N–H and O–H groups in total. The fourth-order valence-electron chi connectivity index (χ4n) is 3.40. The van der Waals surface area contributed by atoms with Crippen LogP contribution in [0.3, 0.4) is 0 Å². The van der Waals surface area contributed by atoms with Crippen LogP contribution in [0.5, 0.6) is 0 Å². The monoisotopic (exact) mass is 485 g/mol. The summed E-state index contributed by atoms with van der Waals surface area (Å²) in [6.07, 6.45) is 0. The first-order valence-electron chi connectivity index (χ1n) is 10.8. The van der Waals surface area contributed by atoms with Crippen LogP contribution in [-0.4, -0.2) is 32.3 Å². The number of thioether (sulfide) groups is 1. The van der Waals surface area contributed by atoms with E-state index < -0.39 is 0 Å². The zero-order valence-electron chi connectivity index (χ0n) is 19.1. The number of para-hydroxylation sites is 1. The van der Waals surface area contributed by atoms with Gasteiger partial charge in [-0.2, -0.15) is 0 Å². The van der Waals surface area contributed by atoms with Crippen molar-refractivity contribution in [2.75, 3.05) is 11.1 Å². The molecule has 0 fully saturated rings. The Morgan fingerprint density at radius 2 is 1.76 bits per heavy atom. The molecule has 1 heterocycles. The Kier molecular flexibility index (Phi) is 8.52. The molecular weight excluding hydrogens is 458 g/mol. The SMILES string of the molecule is CCn1c(SCC(=O)Nc2ccccc2C(C)C)nnc1[C@@H](C)NC(=O)c1ccc(Cl)cc1. The number of carbonyl (C=O) groups is 2. The summed E-state index contributed by atoms with van der Waals surface area (Å²) in [5.41, 5.74) is 2.44. The molecule has 0 radical (unpaired) electrons. The van der Waals surface area contributed by atoms with Crippen molar-refractivity contribution in [1.29, 1.82) is 0 Å². The number of nitrogens with one attached hydrogen (secondary N) is 2. The third-order valence-electron chi connectivity index (χ3n) is 5.09. The molecule has 0 unspecified atom stereocenters. The van der Waals surface area contributed by atoms with Gasteiger partial charge in [0.15, 0.2) is 11.0 Å². The maximum Gasteiger partial charge on any atom is 0.251 e. The van der Waals surface area contributed by atoms with Crippen molar-refractivity contribution in [3.63, 3.8) is 0 Å². The Labute approximate surface area is 203 Å². The Morgan fingerprint density at radius 3 is 2.42 bits per heavy atom. The molecule has 0 bridgehead atoms. The summed E-state index contributed by atoms with van der Waals surface area (Å²) in [7, 11) is 0. The first kappa shape index (κ1) is 24.8. The average Bonchev–Trinajstić information content (AvgIpc) is 3.21. The minimum Gasteiger partial charge on any atom is -0.342 e. The minimum atomic E-state index is -0.360. The van der Waals surface area contributed by atoms with Crippen LogP contribution in [0.2, 0.25) is 5.02 Å². The fraction of sp³-hybridized carbons (Fsp3) is 0.333. The molecule has 0 spiro atoms. The maximum absolute atomic E-state index is 12.6. The van der Waals surface area contributed by atoms with Gasteiger partial charge in [-0.1, -0.05) is 55.4 Å². The summed E-state index contributed by atoms with van der Waals surface area (Å²) in [5.74, 6) is 0.819. The van der Waals surface area contributed by atoms with Crippen molar-refractivity contribution in [1.82, 2.24) is 20.1 Å². The number of hydrogen-bond donors (Lipinski definition) is 2. The highest BCUT2D eigenvalue weighted by atomic mass is 35.5. The zero-order chi connectivity index (χ0) is 24.0. The first-order chi connectivity index (χ1) is 15.8. The van der Waals surface area contributed by atoms with Gasteiger partial charge >= 0.3 is 0 Å². The molecule has 3 rings (SSSR count). The maximum atomic E-state index is 12.6. The molecule has 7 nitrogen and oxygen atoms in total. The topological polar surface area (TPSA) is 88.9 Å². The lowest BCUT2D eigenvalue weighted by Gasteiger charge is -2.15. The number of carbonyl (C=O) groups excluding carboxylic acids is 2. The Balaban J connectivity index is 1.63. The number of aromatic nitrogens is 3. The molecule has 2 amide bonds. The molecule has 0 aliphatic carbocycles. The third kappa shape index (κ3) is 6.36. The van der Waals surface area contributed by atoms with Crippen LogP contribution in [0.4, 0.5) is 5.69 Å². The van der Waals surface area contributed by atoms with E-state index in [1.54, 1.807) is 24.3 Å². The van der Waals surface area contributed by atoms with E-state index in [4.69, 9.17) is 11.6 Å². The smallest absolute Gasteiger partial charge is 0.251 e. The summed E-state index contributed by atoms with van der Waals surface area (Å²) in [6.45, 7) is 8.64. The summed E-state index contributed by atoms with van der Waals surface area (Å²) >= 11 is 7.21. The Morgan fingerprint density at radius 1 is 1.06 bits per heavy atom. The standard InChI is InChI=1S/C24H28ClN5O2S/c1-5-30-22(16(4)26-23(32)17-10-12-18(25)13-11-17)28-29-24(30)33-14-21(31)27-20-9-7-6-8-19(20)15(2)3/h6-13,15-16H,5,14H2,1-4H3,(H,26,32)(H,27,31)/t16-/m1/s1. The van der Waals surface area contributed by atoms with E-state index in [1.807, 2.05) is 42.7 Å². The van der Waals surface area contributed by atoms with Crippen molar-refractivity contribution in [2.45, 2.75) is 51.4 Å². The van der Waals surface area contributed by atoms with Gasteiger partial charge in [-0.3, -0.25) is 9.59 Å². The number of nitrogens with zero attached hydrogens (tertiary/aromatic N) is 3. The van der Waals surface area contributed by atoms with Gasteiger partial charge in [-0.15, -0.1) is 10.2 Å². The molecule has 0 saturated carbocycles. The first-order valence-corrected chi connectivity index (χ1v) is 12.2. The van der Waals surface area contributed by atoms with E-state index in [2.05, 4.69) is 34.7 Å². The Bertz CT molecular complexity index is 1110. The zero-order valence-corrected chi connectivity index (χ0v) is 20.7. The van der Waals surface area contributed by atoms with Crippen molar-refractivity contribution in [2.24, 2.45) is 0 Å². The van der Waals surface area contributed by atoms with Gasteiger partial charge < -0.3 is 15.2 Å². The summed E-state index contributed by atoms with van der Waals surface area (Å²) in [6, 6.07) is 14.2. The minimum absolute atomic E-state index is 0.107. The molecule has 3 aromatic rings. The predicted molar refractivity (Wildman–Crippen MR) is 133 cm³/mol. The van der Waals surface area contributed by atoms with Crippen LogP contribution in [0, 0.1) is 0 Å². The van der Waals surface area contributed by atoms with Gasteiger partial charge in [-0.25, -0.2) is 0 Å². The fourth-order valence-corrected chi connectivity index (χ4v) is 4.34. The summed E-state index contributed by atoms with van der Waals surface area (Å²) < 4.78 is 1.91. The molecule has 0 aliphatic heterocycles. The quantitative estimate of drug-likeness (QED) is 0.401. The van der Waals surface area contributed by atoms with E-state index >= 15 is 0 Å². The lowest BCUT2D eigenvalue weighted by molar-refractivity contribution is -0.113. The van der Waals surface area contributed by atoms with E-state index in [9.17, 15) is 9.59 Å².